The van der Waals surface area contributed by atoms with E-state index in [0.29, 0.717) is 5.13 Å². The SMILES string of the molecule is O=C(Nc1nncs1)c1cnccn1. The van der Waals surface area contributed by atoms with Gasteiger partial charge in [0.2, 0.25) is 5.13 Å². The second-order valence-corrected chi connectivity index (χ2v) is 3.12. The number of amides is 1. The van der Waals surface area contributed by atoms with Crippen molar-refractivity contribution in [1.82, 2.24) is 20.2 Å². The summed E-state index contributed by atoms with van der Waals surface area (Å²) < 4.78 is 0. The molecule has 0 unspecified atom stereocenters. The van der Waals surface area contributed by atoms with Gasteiger partial charge in [-0.2, -0.15) is 0 Å². The Morgan fingerprint density at radius 3 is 3.00 bits per heavy atom. The first-order valence-corrected chi connectivity index (χ1v) is 4.58. The van der Waals surface area contributed by atoms with E-state index < -0.39 is 0 Å². The van der Waals surface area contributed by atoms with Gasteiger partial charge in [0.1, 0.15) is 11.2 Å². The molecule has 2 aromatic heterocycles. The van der Waals surface area contributed by atoms with Crippen LogP contribution in [-0.2, 0) is 0 Å². The normalized spacial score (nSPS) is 9.71. The van der Waals surface area contributed by atoms with E-state index in [1.807, 2.05) is 0 Å². The predicted octanol–water partition coefficient (Wildman–Crippen LogP) is 0.580. The molecular formula is C7H5N5OS. The van der Waals surface area contributed by atoms with Gasteiger partial charge in [0.15, 0.2) is 0 Å². The fourth-order valence-electron chi connectivity index (χ4n) is 0.805. The first-order valence-electron chi connectivity index (χ1n) is 3.70. The third-order valence-corrected chi connectivity index (χ3v) is 1.98. The van der Waals surface area contributed by atoms with Gasteiger partial charge in [-0.25, -0.2) is 4.98 Å². The number of aromatic nitrogens is 4. The molecule has 7 heteroatoms. The predicted molar refractivity (Wildman–Crippen MR) is 49.9 cm³/mol. The largest absolute Gasteiger partial charge is 0.295 e. The maximum Gasteiger partial charge on any atom is 0.277 e. The summed E-state index contributed by atoms with van der Waals surface area (Å²) in [5.74, 6) is -0.338. The second-order valence-electron chi connectivity index (χ2n) is 2.29. The van der Waals surface area contributed by atoms with E-state index in [1.165, 1.54) is 35.4 Å². The minimum Gasteiger partial charge on any atom is -0.295 e. The fourth-order valence-corrected chi connectivity index (χ4v) is 1.25. The zero-order chi connectivity index (χ0) is 9.80. The van der Waals surface area contributed by atoms with Crippen molar-refractivity contribution in [2.45, 2.75) is 0 Å². The summed E-state index contributed by atoms with van der Waals surface area (Å²) >= 11 is 1.24. The summed E-state index contributed by atoms with van der Waals surface area (Å²) in [4.78, 5) is 19.1. The van der Waals surface area contributed by atoms with E-state index >= 15 is 0 Å². The monoisotopic (exact) mass is 207 g/mol. The topological polar surface area (TPSA) is 80.7 Å². The molecule has 0 atom stereocenters. The van der Waals surface area contributed by atoms with Crippen molar-refractivity contribution in [3.63, 3.8) is 0 Å². The van der Waals surface area contributed by atoms with Crippen molar-refractivity contribution < 1.29 is 4.79 Å². The molecule has 1 amide bonds. The van der Waals surface area contributed by atoms with E-state index in [9.17, 15) is 4.79 Å². The Hall–Kier alpha value is -1.89. The molecule has 0 aliphatic rings. The lowest BCUT2D eigenvalue weighted by Gasteiger charge is -1.97. The van der Waals surface area contributed by atoms with Crippen molar-refractivity contribution in [3.8, 4) is 0 Å². The van der Waals surface area contributed by atoms with Gasteiger partial charge >= 0.3 is 0 Å². The molecule has 2 aromatic rings. The van der Waals surface area contributed by atoms with Gasteiger partial charge in [-0.05, 0) is 0 Å². The van der Waals surface area contributed by atoms with Crippen LogP contribution in [0.25, 0.3) is 0 Å². The number of nitrogens with zero attached hydrogens (tertiary/aromatic N) is 4. The lowest BCUT2D eigenvalue weighted by Crippen LogP contribution is -2.13. The third-order valence-electron chi connectivity index (χ3n) is 1.38. The van der Waals surface area contributed by atoms with Crippen molar-refractivity contribution in [1.29, 1.82) is 0 Å². The van der Waals surface area contributed by atoms with Crippen LogP contribution in [0.5, 0.6) is 0 Å². The third kappa shape index (κ3) is 1.88. The summed E-state index contributed by atoms with van der Waals surface area (Å²) in [7, 11) is 0. The van der Waals surface area contributed by atoms with Crippen molar-refractivity contribution >= 4 is 22.4 Å². The Balaban J connectivity index is 2.11. The zero-order valence-corrected chi connectivity index (χ0v) is 7.73. The number of carbonyl (C=O) groups excluding carboxylic acids is 1. The number of hydrogen-bond acceptors (Lipinski definition) is 6. The second kappa shape index (κ2) is 3.88. The number of anilines is 1. The quantitative estimate of drug-likeness (QED) is 0.779. The van der Waals surface area contributed by atoms with E-state index in [2.05, 4.69) is 25.5 Å². The van der Waals surface area contributed by atoms with Crippen LogP contribution in [0.2, 0.25) is 0 Å². The highest BCUT2D eigenvalue weighted by Gasteiger charge is 2.08. The standard InChI is InChI=1S/C7H5N5OS/c13-6(5-3-8-1-2-9-5)11-7-12-10-4-14-7/h1-4H,(H,11,12,13). The minimum absolute atomic E-state index is 0.253. The van der Waals surface area contributed by atoms with Gasteiger partial charge < -0.3 is 0 Å². The molecule has 2 heterocycles. The Kier molecular flexibility index (Phi) is 2.41. The van der Waals surface area contributed by atoms with E-state index in [4.69, 9.17) is 0 Å². The molecule has 14 heavy (non-hydrogen) atoms. The van der Waals surface area contributed by atoms with Crippen LogP contribution in [0, 0.1) is 0 Å². The molecule has 0 saturated carbocycles. The summed E-state index contributed by atoms with van der Waals surface area (Å²) in [5.41, 5.74) is 1.79. The summed E-state index contributed by atoms with van der Waals surface area (Å²) in [6.07, 6.45) is 4.34. The smallest absolute Gasteiger partial charge is 0.277 e. The van der Waals surface area contributed by atoms with Crippen LogP contribution < -0.4 is 5.32 Å². The molecule has 0 radical (unpaired) electrons. The van der Waals surface area contributed by atoms with Gasteiger partial charge in [0.05, 0.1) is 6.20 Å². The maximum absolute atomic E-state index is 11.4. The zero-order valence-electron chi connectivity index (χ0n) is 6.91. The van der Waals surface area contributed by atoms with Gasteiger partial charge in [-0.1, -0.05) is 11.3 Å². The van der Waals surface area contributed by atoms with Crippen molar-refractivity contribution in [2.75, 3.05) is 5.32 Å². The van der Waals surface area contributed by atoms with Gasteiger partial charge in [-0.15, -0.1) is 10.2 Å². The molecule has 70 valence electrons. The van der Waals surface area contributed by atoms with Gasteiger partial charge in [0.25, 0.3) is 5.91 Å². The molecule has 0 fully saturated rings. The fraction of sp³-hybridized carbons (Fsp3) is 0. The molecule has 2 rings (SSSR count). The maximum atomic E-state index is 11.4. The highest BCUT2D eigenvalue weighted by molar-refractivity contribution is 7.13. The number of rotatable bonds is 2. The Labute approximate surface area is 83.1 Å². The number of carbonyl (C=O) groups is 1. The highest BCUT2D eigenvalue weighted by Crippen LogP contribution is 2.08. The average molecular weight is 207 g/mol. The molecule has 0 aliphatic carbocycles. The molecule has 0 aromatic carbocycles. The first-order chi connectivity index (χ1) is 6.86. The van der Waals surface area contributed by atoms with Crippen LogP contribution in [0.3, 0.4) is 0 Å². The minimum atomic E-state index is -0.338. The Morgan fingerprint density at radius 1 is 1.43 bits per heavy atom. The highest BCUT2D eigenvalue weighted by atomic mass is 32.1. The summed E-state index contributed by atoms with van der Waals surface area (Å²) in [6.45, 7) is 0. The van der Waals surface area contributed by atoms with Crippen LogP contribution in [0.4, 0.5) is 5.13 Å². The van der Waals surface area contributed by atoms with E-state index in [1.54, 1.807) is 0 Å². The lowest BCUT2D eigenvalue weighted by atomic mass is 10.4. The molecule has 0 spiro atoms. The summed E-state index contributed by atoms with van der Waals surface area (Å²) in [6, 6.07) is 0. The van der Waals surface area contributed by atoms with E-state index in [-0.39, 0.29) is 11.6 Å². The molecule has 6 nitrogen and oxygen atoms in total. The summed E-state index contributed by atoms with van der Waals surface area (Å²) in [5, 5.41) is 10.2. The van der Waals surface area contributed by atoms with Gasteiger partial charge in [0, 0.05) is 12.4 Å². The first kappa shape index (κ1) is 8.70. The van der Waals surface area contributed by atoms with Crippen LogP contribution in [0.15, 0.2) is 24.1 Å². The average Bonchev–Trinajstić information content (AvgIpc) is 2.72. The molecule has 1 N–H and O–H groups in total. The van der Waals surface area contributed by atoms with Crippen LogP contribution in [0.1, 0.15) is 10.5 Å². The number of hydrogen-bond donors (Lipinski definition) is 1. The Bertz CT molecular complexity index is 415. The van der Waals surface area contributed by atoms with Crippen LogP contribution in [-0.4, -0.2) is 26.1 Å². The van der Waals surface area contributed by atoms with Crippen molar-refractivity contribution in [2.24, 2.45) is 0 Å². The van der Waals surface area contributed by atoms with E-state index in [0.717, 1.165) is 0 Å². The molecule has 0 bridgehead atoms. The Morgan fingerprint density at radius 2 is 2.36 bits per heavy atom. The van der Waals surface area contributed by atoms with Crippen LogP contribution >= 0.6 is 11.3 Å². The molecule has 0 aliphatic heterocycles. The lowest BCUT2D eigenvalue weighted by molar-refractivity contribution is 0.102. The molecular weight excluding hydrogens is 202 g/mol. The number of nitrogens with one attached hydrogen (secondary N) is 1. The molecule has 0 saturated heterocycles. The van der Waals surface area contributed by atoms with Crippen molar-refractivity contribution in [3.05, 3.63) is 29.8 Å². The van der Waals surface area contributed by atoms with Gasteiger partial charge in [-0.3, -0.25) is 15.1 Å².